The van der Waals surface area contributed by atoms with Crippen molar-refractivity contribution in [3.05, 3.63) is 67.3 Å². The van der Waals surface area contributed by atoms with E-state index in [1.165, 1.54) is 36.1 Å². The Bertz CT molecular complexity index is 1560. The first kappa shape index (κ1) is 19.4. The molecule has 0 fully saturated rings. The first-order valence-electron chi connectivity index (χ1n) is 9.34. The van der Waals surface area contributed by atoms with E-state index in [4.69, 9.17) is 5.73 Å². The fourth-order valence-corrected chi connectivity index (χ4v) is 5.22. The number of aromatic nitrogens is 3. The number of nitrogens with two attached hydrogens (primary N) is 1. The first-order chi connectivity index (χ1) is 14.9. The molecule has 5 rings (SSSR count). The van der Waals surface area contributed by atoms with Gasteiger partial charge in [-0.15, -0.1) is 11.3 Å². The maximum Gasteiger partial charge on any atom is 0.177 e. The second-order valence-electron chi connectivity index (χ2n) is 7.12. The number of thiophene rings is 1. The Balaban J connectivity index is 1.68. The third-order valence-corrected chi connectivity index (χ3v) is 6.97. The van der Waals surface area contributed by atoms with Crippen molar-refractivity contribution in [1.29, 1.82) is 0 Å². The second-order valence-corrected chi connectivity index (χ2v) is 10.2. The van der Waals surface area contributed by atoms with E-state index < -0.39 is 9.84 Å². The minimum absolute atomic E-state index is 0.179. The number of sulfone groups is 1. The molecule has 0 bridgehead atoms. The zero-order valence-electron chi connectivity index (χ0n) is 16.4. The molecule has 2 aromatic carbocycles. The van der Waals surface area contributed by atoms with Crippen LogP contribution in [-0.2, 0) is 9.84 Å². The molecular weight excluding hydrogens is 430 g/mol. The van der Waals surface area contributed by atoms with Crippen LogP contribution in [-0.4, -0.2) is 29.6 Å². The summed E-state index contributed by atoms with van der Waals surface area (Å²) in [6, 6.07) is 13.3. The highest BCUT2D eigenvalue weighted by atomic mass is 32.2. The lowest BCUT2D eigenvalue weighted by Gasteiger charge is -2.13. The molecule has 0 amide bonds. The standard InChI is InChI=1S/C22H17N5O2S2/c1-31(28,29)20-4-5-24-12-18(20)27-15-10-16(22-17(11-15)25-6-7-26-22)13-2-3-14-9-21(23)30-19(14)8-13/h2-12,27H,23H2,1H3. The highest BCUT2D eigenvalue weighted by Gasteiger charge is 2.15. The van der Waals surface area contributed by atoms with Crippen molar-refractivity contribution in [3.63, 3.8) is 0 Å². The Morgan fingerprint density at radius 3 is 2.68 bits per heavy atom. The monoisotopic (exact) mass is 447 g/mol. The summed E-state index contributed by atoms with van der Waals surface area (Å²) in [6.45, 7) is 0. The number of rotatable bonds is 4. The van der Waals surface area contributed by atoms with E-state index in [1.54, 1.807) is 12.4 Å². The average Bonchev–Trinajstić information content (AvgIpc) is 3.12. The number of anilines is 3. The van der Waals surface area contributed by atoms with Gasteiger partial charge in [-0.3, -0.25) is 15.0 Å². The van der Waals surface area contributed by atoms with Crippen LogP contribution in [0.2, 0.25) is 0 Å². The molecular formula is C22H17N5O2S2. The molecule has 7 nitrogen and oxygen atoms in total. The number of nitrogen functional groups attached to an aromatic ring is 1. The molecule has 0 aliphatic rings. The van der Waals surface area contributed by atoms with Crippen molar-refractivity contribution in [2.75, 3.05) is 17.3 Å². The predicted molar refractivity (Wildman–Crippen MR) is 125 cm³/mol. The van der Waals surface area contributed by atoms with Crippen LogP contribution >= 0.6 is 11.3 Å². The van der Waals surface area contributed by atoms with Gasteiger partial charge in [0.2, 0.25) is 0 Å². The summed E-state index contributed by atoms with van der Waals surface area (Å²) in [5.74, 6) is 0. The zero-order valence-corrected chi connectivity index (χ0v) is 18.0. The molecule has 0 spiro atoms. The van der Waals surface area contributed by atoms with Gasteiger partial charge in [0.25, 0.3) is 0 Å². The molecule has 0 radical (unpaired) electrons. The van der Waals surface area contributed by atoms with Crippen LogP contribution in [0.3, 0.4) is 0 Å². The number of pyridine rings is 1. The summed E-state index contributed by atoms with van der Waals surface area (Å²) in [5.41, 5.74) is 10.4. The lowest BCUT2D eigenvalue weighted by molar-refractivity contribution is 0.602. The third-order valence-electron chi connectivity index (χ3n) is 4.88. The van der Waals surface area contributed by atoms with Gasteiger partial charge >= 0.3 is 0 Å². The number of hydrogen-bond acceptors (Lipinski definition) is 8. The van der Waals surface area contributed by atoms with Crippen molar-refractivity contribution in [1.82, 2.24) is 15.0 Å². The van der Waals surface area contributed by atoms with Crippen molar-refractivity contribution in [2.24, 2.45) is 0 Å². The molecule has 0 atom stereocenters. The predicted octanol–water partition coefficient (Wildman–Crippen LogP) is 4.64. The van der Waals surface area contributed by atoms with Crippen LogP contribution in [0.15, 0.2) is 72.1 Å². The van der Waals surface area contributed by atoms with Gasteiger partial charge in [-0.2, -0.15) is 0 Å². The molecule has 3 aromatic heterocycles. The minimum Gasteiger partial charge on any atom is -0.391 e. The summed E-state index contributed by atoms with van der Waals surface area (Å²) in [4.78, 5) is 13.2. The van der Waals surface area contributed by atoms with Crippen LogP contribution in [0.25, 0.3) is 32.2 Å². The minimum atomic E-state index is -3.42. The van der Waals surface area contributed by atoms with Crippen molar-refractivity contribution >= 4 is 58.7 Å². The Morgan fingerprint density at radius 2 is 1.84 bits per heavy atom. The molecule has 9 heteroatoms. The fourth-order valence-electron chi connectivity index (χ4n) is 3.54. The molecule has 31 heavy (non-hydrogen) atoms. The van der Waals surface area contributed by atoms with Gasteiger partial charge in [-0.25, -0.2) is 8.42 Å². The maximum atomic E-state index is 12.2. The molecule has 0 unspecified atom stereocenters. The Labute approximate surface area is 182 Å². The van der Waals surface area contributed by atoms with Crippen LogP contribution < -0.4 is 11.1 Å². The number of benzene rings is 2. The van der Waals surface area contributed by atoms with Gasteiger partial charge in [0, 0.05) is 40.8 Å². The SMILES string of the molecule is CS(=O)(=O)c1ccncc1Nc1cc(-c2ccc3cc(N)sc3c2)c2nccnc2c1. The second kappa shape index (κ2) is 7.29. The summed E-state index contributed by atoms with van der Waals surface area (Å²) in [6.07, 6.45) is 7.42. The molecule has 0 aliphatic carbocycles. The Morgan fingerprint density at radius 1 is 1.00 bits per heavy atom. The summed E-state index contributed by atoms with van der Waals surface area (Å²) >= 11 is 1.53. The van der Waals surface area contributed by atoms with E-state index in [9.17, 15) is 8.42 Å². The van der Waals surface area contributed by atoms with Crippen LogP contribution in [0.5, 0.6) is 0 Å². The number of nitrogens with one attached hydrogen (secondary N) is 1. The first-order valence-corrected chi connectivity index (χ1v) is 12.0. The molecule has 0 aliphatic heterocycles. The highest BCUT2D eigenvalue weighted by molar-refractivity contribution is 7.90. The van der Waals surface area contributed by atoms with Crippen molar-refractivity contribution in [3.8, 4) is 11.1 Å². The smallest absolute Gasteiger partial charge is 0.177 e. The zero-order chi connectivity index (χ0) is 21.6. The lowest BCUT2D eigenvalue weighted by atomic mass is 10.0. The van der Waals surface area contributed by atoms with E-state index in [2.05, 4.69) is 26.3 Å². The average molecular weight is 448 g/mol. The molecule has 3 N–H and O–H groups in total. The quantitative estimate of drug-likeness (QED) is 0.413. The summed E-state index contributed by atoms with van der Waals surface area (Å²) < 4.78 is 25.4. The largest absolute Gasteiger partial charge is 0.391 e. The van der Waals surface area contributed by atoms with E-state index in [0.717, 1.165) is 31.7 Å². The van der Waals surface area contributed by atoms with Crippen molar-refractivity contribution < 1.29 is 8.42 Å². The number of hydrogen-bond donors (Lipinski definition) is 2. The molecule has 5 aromatic rings. The van der Waals surface area contributed by atoms with E-state index in [1.807, 2.05) is 30.3 Å². The van der Waals surface area contributed by atoms with Crippen LogP contribution in [0.4, 0.5) is 16.4 Å². The Hall–Kier alpha value is -3.56. The van der Waals surface area contributed by atoms with Gasteiger partial charge < -0.3 is 11.1 Å². The molecule has 3 heterocycles. The topological polar surface area (TPSA) is 111 Å². The van der Waals surface area contributed by atoms with Gasteiger partial charge in [0.15, 0.2) is 9.84 Å². The van der Waals surface area contributed by atoms with E-state index in [0.29, 0.717) is 16.9 Å². The van der Waals surface area contributed by atoms with E-state index in [-0.39, 0.29) is 4.90 Å². The molecule has 0 saturated carbocycles. The third kappa shape index (κ3) is 3.69. The lowest BCUT2D eigenvalue weighted by Crippen LogP contribution is -2.03. The normalized spacial score (nSPS) is 11.8. The summed E-state index contributed by atoms with van der Waals surface area (Å²) in [7, 11) is -3.42. The highest BCUT2D eigenvalue weighted by Crippen LogP contribution is 2.36. The van der Waals surface area contributed by atoms with Gasteiger partial charge in [-0.1, -0.05) is 12.1 Å². The summed E-state index contributed by atoms with van der Waals surface area (Å²) in [5, 5.41) is 5.04. The van der Waals surface area contributed by atoms with Crippen LogP contribution in [0, 0.1) is 0 Å². The van der Waals surface area contributed by atoms with Gasteiger partial charge in [-0.05, 0) is 41.3 Å². The Kier molecular flexibility index (Phi) is 4.57. The molecule has 0 saturated heterocycles. The molecule has 154 valence electrons. The van der Waals surface area contributed by atoms with E-state index >= 15 is 0 Å². The fraction of sp³-hybridized carbons (Fsp3) is 0.0455. The number of fused-ring (bicyclic) bond motifs is 2. The van der Waals surface area contributed by atoms with Crippen molar-refractivity contribution in [2.45, 2.75) is 4.90 Å². The van der Waals surface area contributed by atoms with Gasteiger partial charge in [0.1, 0.15) is 0 Å². The van der Waals surface area contributed by atoms with Gasteiger partial charge in [0.05, 0.1) is 32.8 Å². The van der Waals surface area contributed by atoms with Crippen LogP contribution in [0.1, 0.15) is 0 Å². The maximum absolute atomic E-state index is 12.2. The number of nitrogens with zero attached hydrogens (tertiary/aromatic N) is 3.